The molecule has 0 radical (unpaired) electrons. The fourth-order valence-corrected chi connectivity index (χ4v) is 2.60. The molecule has 0 saturated heterocycles. The van der Waals surface area contributed by atoms with Crippen LogP contribution < -0.4 is 9.47 Å². The summed E-state index contributed by atoms with van der Waals surface area (Å²) in [4.78, 5) is 0. The summed E-state index contributed by atoms with van der Waals surface area (Å²) in [6, 6.07) is 15.5. The van der Waals surface area contributed by atoms with Gasteiger partial charge in [0.15, 0.2) is 0 Å². The van der Waals surface area contributed by atoms with Crippen molar-refractivity contribution in [3.05, 3.63) is 59.7 Å². The van der Waals surface area contributed by atoms with Gasteiger partial charge in [-0.05, 0) is 42.3 Å². The Morgan fingerprint density at radius 3 is 2.45 bits per heavy atom. The van der Waals surface area contributed by atoms with Crippen LogP contribution in [0.3, 0.4) is 0 Å². The van der Waals surface area contributed by atoms with Crippen molar-refractivity contribution in [2.24, 2.45) is 0 Å². The predicted molar refractivity (Wildman–Crippen MR) is 77.1 cm³/mol. The van der Waals surface area contributed by atoms with Crippen LogP contribution in [0.25, 0.3) is 0 Å². The minimum absolute atomic E-state index is 0.217. The Hall–Kier alpha value is -2.00. The lowest BCUT2D eigenvalue weighted by molar-refractivity contribution is 0.0493. The van der Waals surface area contributed by atoms with Gasteiger partial charge in [0, 0.05) is 6.42 Å². The first-order chi connectivity index (χ1) is 9.78. The highest BCUT2D eigenvalue weighted by molar-refractivity contribution is 5.37. The Morgan fingerprint density at radius 2 is 1.75 bits per heavy atom. The van der Waals surface area contributed by atoms with Gasteiger partial charge < -0.3 is 14.6 Å². The van der Waals surface area contributed by atoms with Crippen LogP contribution >= 0.6 is 0 Å². The van der Waals surface area contributed by atoms with Gasteiger partial charge >= 0.3 is 0 Å². The van der Waals surface area contributed by atoms with Crippen LogP contribution in [-0.4, -0.2) is 17.8 Å². The van der Waals surface area contributed by atoms with E-state index in [1.165, 1.54) is 0 Å². The molecule has 0 heterocycles. The average Bonchev–Trinajstić information content (AvgIpc) is 2.79. The molecule has 2 atom stereocenters. The molecule has 2 unspecified atom stereocenters. The van der Waals surface area contributed by atoms with Crippen molar-refractivity contribution in [1.29, 1.82) is 0 Å². The molecule has 1 N–H and O–H groups in total. The Bertz CT molecular complexity index is 577. The van der Waals surface area contributed by atoms with Gasteiger partial charge in [0.1, 0.15) is 23.7 Å². The number of ether oxygens (including phenoxy) is 2. The highest BCUT2D eigenvalue weighted by Gasteiger charge is 2.32. The fraction of sp³-hybridized carbons (Fsp3) is 0.294. The summed E-state index contributed by atoms with van der Waals surface area (Å²) in [6.45, 7) is 2.60. The summed E-state index contributed by atoms with van der Waals surface area (Å²) in [5, 5.41) is 10.3. The van der Waals surface area contributed by atoms with Crippen LogP contribution in [0, 0.1) is 0 Å². The van der Waals surface area contributed by atoms with Gasteiger partial charge in [-0.1, -0.05) is 24.3 Å². The second kappa shape index (κ2) is 5.55. The lowest BCUT2D eigenvalue weighted by Crippen LogP contribution is -2.21. The van der Waals surface area contributed by atoms with Gasteiger partial charge in [0.2, 0.25) is 0 Å². The monoisotopic (exact) mass is 270 g/mol. The Morgan fingerprint density at radius 1 is 1.05 bits per heavy atom. The largest absolute Gasteiger partial charge is 0.494 e. The van der Waals surface area contributed by atoms with Crippen molar-refractivity contribution < 1.29 is 14.6 Å². The maximum absolute atomic E-state index is 10.3. The third-order valence-corrected chi connectivity index (χ3v) is 3.57. The van der Waals surface area contributed by atoms with E-state index in [4.69, 9.17) is 9.47 Å². The fourth-order valence-electron chi connectivity index (χ4n) is 2.60. The molecule has 3 nitrogen and oxygen atoms in total. The summed E-state index contributed by atoms with van der Waals surface area (Å²) in [5.41, 5.74) is 2.14. The molecule has 0 saturated carbocycles. The summed E-state index contributed by atoms with van der Waals surface area (Å²) >= 11 is 0. The molecule has 0 spiro atoms. The lowest BCUT2D eigenvalue weighted by Gasteiger charge is -2.17. The van der Waals surface area contributed by atoms with E-state index < -0.39 is 6.10 Å². The standard InChI is InChI=1S/C17H18O3/c1-2-19-13-7-9-14(10-8-13)20-16-11-12-5-3-4-6-15(12)17(16)18/h3-10,16-18H,2,11H2,1H3. The van der Waals surface area contributed by atoms with E-state index in [2.05, 4.69) is 0 Å². The number of fused-ring (bicyclic) bond motifs is 1. The van der Waals surface area contributed by atoms with Crippen LogP contribution in [0.2, 0.25) is 0 Å². The zero-order chi connectivity index (χ0) is 13.9. The molecule has 20 heavy (non-hydrogen) atoms. The highest BCUT2D eigenvalue weighted by atomic mass is 16.5. The third-order valence-electron chi connectivity index (χ3n) is 3.57. The van der Waals surface area contributed by atoms with Gasteiger partial charge in [0.05, 0.1) is 6.61 Å². The molecule has 0 aromatic heterocycles. The SMILES string of the molecule is CCOc1ccc(OC2Cc3ccccc3C2O)cc1. The molecule has 104 valence electrons. The number of aliphatic hydroxyl groups excluding tert-OH is 1. The normalized spacial score (nSPS) is 20.5. The second-order valence-electron chi connectivity index (χ2n) is 4.91. The van der Waals surface area contributed by atoms with Crippen molar-refractivity contribution in [3.63, 3.8) is 0 Å². The van der Waals surface area contributed by atoms with Crippen LogP contribution in [0.1, 0.15) is 24.2 Å². The van der Waals surface area contributed by atoms with Crippen molar-refractivity contribution in [2.45, 2.75) is 25.6 Å². The molecule has 2 aromatic rings. The molecule has 1 aliphatic rings. The highest BCUT2D eigenvalue weighted by Crippen LogP contribution is 2.34. The van der Waals surface area contributed by atoms with Gasteiger partial charge in [-0.15, -0.1) is 0 Å². The number of aliphatic hydroxyl groups is 1. The van der Waals surface area contributed by atoms with Gasteiger partial charge in [-0.25, -0.2) is 0 Å². The molecule has 3 heteroatoms. The smallest absolute Gasteiger partial charge is 0.133 e. The van der Waals surface area contributed by atoms with Gasteiger partial charge in [0.25, 0.3) is 0 Å². The van der Waals surface area contributed by atoms with Gasteiger partial charge in [-0.3, -0.25) is 0 Å². The predicted octanol–water partition coefficient (Wildman–Crippen LogP) is 3.12. The number of hydrogen-bond donors (Lipinski definition) is 1. The first-order valence-corrected chi connectivity index (χ1v) is 6.93. The lowest BCUT2D eigenvalue weighted by atomic mass is 10.1. The van der Waals surface area contributed by atoms with E-state index in [0.717, 1.165) is 29.0 Å². The summed E-state index contributed by atoms with van der Waals surface area (Å²) < 4.78 is 11.3. The van der Waals surface area contributed by atoms with Crippen LogP contribution in [0.15, 0.2) is 48.5 Å². The molecule has 3 rings (SSSR count). The number of hydrogen-bond acceptors (Lipinski definition) is 3. The van der Waals surface area contributed by atoms with E-state index in [-0.39, 0.29) is 6.10 Å². The van der Waals surface area contributed by atoms with E-state index in [0.29, 0.717) is 6.61 Å². The Labute approximate surface area is 118 Å². The van der Waals surface area contributed by atoms with Crippen molar-refractivity contribution in [3.8, 4) is 11.5 Å². The number of rotatable bonds is 4. The van der Waals surface area contributed by atoms with Crippen LogP contribution in [0.5, 0.6) is 11.5 Å². The third kappa shape index (κ3) is 2.49. The zero-order valence-corrected chi connectivity index (χ0v) is 11.5. The molecular weight excluding hydrogens is 252 g/mol. The molecule has 0 amide bonds. The summed E-state index contributed by atoms with van der Waals surface area (Å²) in [7, 11) is 0. The zero-order valence-electron chi connectivity index (χ0n) is 11.5. The van der Waals surface area contributed by atoms with Gasteiger partial charge in [-0.2, -0.15) is 0 Å². The molecule has 0 bridgehead atoms. The summed E-state index contributed by atoms with van der Waals surface area (Å²) in [6.07, 6.45) is -0.0343. The molecule has 2 aromatic carbocycles. The van der Waals surface area contributed by atoms with Crippen molar-refractivity contribution in [2.75, 3.05) is 6.61 Å². The van der Waals surface area contributed by atoms with Crippen LogP contribution in [-0.2, 0) is 6.42 Å². The average molecular weight is 270 g/mol. The van der Waals surface area contributed by atoms with E-state index >= 15 is 0 Å². The van der Waals surface area contributed by atoms with Crippen molar-refractivity contribution >= 4 is 0 Å². The molecule has 1 aliphatic carbocycles. The first kappa shape index (κ1) is 13.0. The number of benzene rings is 2. The van der Waals surface area contributed by atoms with E-state index in [1.54, 1.807) is 0 Å². The van der Waals surface area contributed by atoms with Crippen molar-refractivity contribution in [1.82, 2.24) is 0 Å². The molecule has 0 fully saturated rings. The maximum atomic E-state index is 10.3. The Balaban J connectivity index is 1.70. The maximum Gasteiger partial charge on any atom is 0.133 e. The topological polar surface area (TPSA) is 38.7 Å². The minimum atomic E-state index is -0.558. The molecular formula is C17H18O3. The quantitative estimate of drug-likeness (QED) is 0.927. The first-order valence-electron chi connectivity index (χ1n) is 6.93. The molecule has 0 aliphatic heterocycles. The van der Waals surface area contributed by atoms with E-state index in [1.807, 2.05) is 55.5 Å². The second-order valence-corrected chi connectivity index (χ2v) is 4.91. The minimum Gasteiger partial charge on any atom is -0.494 e. The van der Waals surface area contributed by atoms with Crippen LogP contribution in [0.4, 0.5) is 0 Å². The Kier molecular flexibility index (Phi) is 3.61. The van der Waals surface area contributed by atoms with E-state index in [9.17, 15) is 5.11 Å². The summed E-state index contributed by atoms with van der Waals surface area (Å²) in [5.74, 6) is 1.58.